The molecule has 1 aromatic rings. The minimum atomic E-state index is -4.46. The lowest BCUT2D eigenvalue weighted by molar-refractivity contribution is -0.138. The molecule has 0 aliphatic carbocycles. The Bertz CT molecular complexity index is 343. The quantitative estimate of drug-likeness (QED) is 0.704. The maximum absolute atomic E-state index is 13.0. The molecule has 0 saturated carbocycles. The zero-order valence-corrected chi connectivity index (χ0v) is 7.45. The smallest absolute Gasteiger partial charge is 0.326 e. The summed E-state index contributed by atoms with van der Waals surface area (Å²) in [6.45, 7) is 0.974. The Balaban J connectivity index is 3.32. The Morgan fingerprint density at radius 1 is 1.29 bits per heavy atom. The van der Waals surface area contributed by atoms with Gasteiger partial charge >= 0.3 is 6.18 Å². The number of alkyl halides is 3. The molecule has 5 heteroatoms. The van der Waals surface area contributed by atoms with Gasteiger partial charge in [0.2, 0.25) is 0 Å². The van der Waals surface area contributed by atoms with Gasteiger partial charge in [-0.3, -0.25) is 0 Å². The van der Waals surface area contributed by atoms with Crippen LogP contribution in [0.25, 0.3) is 0 Å². The van der Waals surface area contributed by atoms with Crippen LogP contribution in [-0.4, -0.2) is 0 Å². The Morgan fingerprint density at radius 3 is 2.29 bits per heavy atom. The first-order chi connectivity index (χ1) is 6.36. The highest BCUT2D eigenvalue weighted by Gasteiger charge is 2.33. The predicted octanol–water partition coefficient (Wildman–Crippen LogP) is 2.61. The van der Waals surface area contributed by atoms with Crippen molar-refractivity contribution in [2.75, 3.05) is 0 Å². The molecule has 0 fully saturated rings. The highest BCUT2D eigenvalue weighted by atomic mass is 19.4. The first-order valence-electron chi connectivity index (χ1n) is 3.92. The maximum Gasteiger partial charge on any atom is 0.416 e. The van der Waals surface area contributed by atoms with E-state index in [4.69, 9.17) is 5.73 Å². The number of hydrogen-bond donors (Lipinski definition) is 1. The second kappa shape index (κ2) is 3.57. The Labute approximate surface area is 78.5 Å². The molecule has 0 radical (unpaired) electrons. The highest BCUT2D eigenvalue weighted by molar-refractivity contribution is 5.34. The van der Waals surface area contributed by atoms with Crippen LogP contribution in [0.1, 0.15) is 16.7 Å². The fraction of sp³-hybridized carbons (Fsp3) is 0.333. The molecule has 0 aromatic heterocycles. The molecule has 0 saturated heterocycles. The molecule has 1 aromatic carbocycles. The molecule has 0 bridgehead atoms. The number of rotatable bonds is 1. The van der Waals surface area contributed by atoms with Crippen LogP contribution in [-0.2, 0) is 12.7 Å². The zero-order valence-electron chi connectivity index (χ0n) is 7.45. The van der Waals surface area contributed by atoms with Gasteiger partial charge in [-0.15, -0.1) is 0 Å². The van der Waals surface area contributed by atoms with Crippen molar-refractivity contribution in [2.45, 2.75) is 19.6 Å². The summed E-state index contributed by atoms with van der Waals surface area (Å²) in [5, 5.41) is 0. The van der Waals surface area contributed by atoms with Crippen molar-refractivity contribution in [3.63, 3.8) is 0 Å². The molecular formula is C9H9F4N. The van der Waals surface area contributed by atoms with Gasteiger partial charge in [0.05, 0.1) is 5.56 Å². The van der Waals surface area contributed by atoms with E-state index in [2.05, 4.69) is 0 Å². The van der Waals surface area contributed by atoms with E-state index in [1.54, 1.807) is 0 Å². The van der Waals surface area contributed by atoms with Crippen LogP contribution in [0.3, 0.4) is 0 Å². The minimum Gasteiger partial charge on any atom is -0.326 e. The van der Waals surface area contributed by atoms with E-state index >= 15 is 0 Å². The molecule has 2 N–H and O–H groups in total. The van der Waals surface area contributed by atoms with E-state index < -0.39 is 17.6 Å². The van der Waals surface area contributed by atoms with E-state index in [1.165, 1.54) is 6.92 Å². The third-order valence-corrected chi connectivity index (χ3v) is 1.92. The highest BCUT2D eigenvalue weighted by Crippen LogP contribution is 2.33. The lowest BCUT2D eigenvalue weighted by atomic mass is 10.0. The summed E-state index contributed by atoms with van der Waals surface area (Å²) in [7, 11) is 0. The van der Waals surface area contributed by atoms with Crippen molar-refractivity contribution in [1.29, 1.82) is 0 Å². The number of benzene rings is 1. The molecule has 1 rings (SSSR count). The zero-order chi connectivity index (χ0) is 10.9. The summed E-state index contributed by atoms with van der Waals surface area (Å²) >= 11 is 0. The van der Waals surface area contributed by atoms with Crippen molar-refractivity contribution < 1.29 is 17.6 Å². The van der Waals surface area contributed by atoms with Crippen molar-refractivity contribution in [3.8, 4) is 0 Å². The molecular weight excluding hydrogens is 198 g/mol. The lowest BCUT2D eigenvalue weighted by Crippen LogP contribution is -2.10. The first-order valence-corrected chi connectivity index (χ1v) is 3.92. The molecule has 0 spiro atoms. The second-order valence-electron chi connectivity index (χ2n) is 2.96. The van der Waals surface area contributed by atoms with Crippen molar-refractivity contribution >= 4 is 0 Å². The number of nitrogens with two attached hydrogens (primary N) is 1. The van der Waals surface area contributed by atoms with E-state index in [0.29, 0.717) is 0 Å². The van der Waals surface area contributed by atoms with Crippen LogP contribution in [0.4, 0.5) is 17.6 Å². The molecule has 0 atom stereocenters. The van der Waals surface area contributed by atoms with Gasteiger partial charge in [0, 0.05) is 12.1 Å². The minimum absolute atomic E-state index is 0.122. The van der Waals surface area contributed by atoms with Gasteiger partial charge in [-0.05, 0) is 24.6 Å². The van der Waals surface area contributed by atoms with Gasteiger partial charge < -0.3 is 5.73 Å². The van der Waals surface area contributed by atoms with Crippen LogP contribution < -0.4 is 5.73 Å². The number of aryl methyl sites for hydroxylation is 1. The lowest BCUT2D eigenvalue weighted by Gasteiger charge is -2.12. The third kappa shape index (κ3) is 2.04. The van der Waals surface area contributed by atoms with Crippen molar-refractivity contribution in [2.24, 2.45) is 5.73 Å². The van der Waals surface area contributed by atoms with Gasteiger partial charge in [0.15, 0.2) is 0 Å². The van der Waals surface area contributed by atoms with Crippen LogP contribution in [0.15, 0.2) is 12.1 Å². The molecule has 0 aliphatic rings. The Morgan fingerprint density at radius 2 is 1.86 bits per heavy atom. The number of halogens is 4. The molecule has 0 unspecified atom stereocenters. The van der Waals surface area contributed by atoms with Crippen LogP contribution in [0, 0.1) is 12.7 Å². The van der Waals surface area contributed by atoms with E-state index in [1.807, 2.05) is 0 Å². The van der Waals surface area contributed by atoms with Crippen LogP contribution in [0.2, 0.25) is 0 Å². The van der Waals surface area contributed by atoms with Gasteiger partial charge in [-0.25, -0.2) is 4.39 Å². The average molecular weight is 207 g/mol. The van der Waals surface area contributed by atoms with Gasteiger partial charge in [-0.2, -0.15) is 13.2 Å². The standard InChI is InChI=1S/C9H9F4N/c1-5-2-8(10)6(4-14)3-7(5)9(11,12)13/h2-3H,4,14H2,1H3. The molecule has 78 valence electrons. The van der Waals surface area contributed by atoms with Crippen molar-refractivity contribution in [3.05, 3.63) is 34.6 Å². The summed E-state index contributed by atoms with van der Waals surface area (Å²) in [4.78, 5) is 0. The van der Waals surface area contributed by atoms with Gasteiger partial charge in [0.1, 0.15) is 5.82 Å². The largest absolute Gasteiger partial charge is 0.416 e. The number of hydrogen-bond acceptors (Lipinski definition) is 1. The average Bonchev–Trinajstić information content (AvgIpc) is 2.02. The summed E-state index contributed by atoms with van der Waals surface area (Å²) in [6, 6.07) is 1.61. The normalized spacial score (nSPS) is 11.9. The van der Waals surface area contributed by atoms with E-state index in [-0.39, 0.29) is 17.7 Å². The van der Waals surface area contributed by atoms with Gasteiger partial charge in [-0.1, -0.05) is 0 Å². The third-order valence-electron chi connectivity index (χ3n) is 1.92. The fourth-order valence-electron chi connectivity index (χ4n) is 1.18. The Kier molecular flexibility index (Phi) is 2.80. The summed E-state index contributed by atoms with van der Waals surface area (Å²) in [5.41, 5.74) is 4.02. The van der Waals surface area contributed by atoms with E-state index in [9.17, 15) is 17.6 Å². The van der Waals surface area contributed by atoms with Crippen LogP contribution in [0.5, 0.6) is 0 Å². The monoisotopic (exact) mass is 207 g/mol. The molecule has 1 nitrogen and oxygen atoms in total. The molecule has 0 amide bonds. The molecule has 0 aliphatic heterocycles. The molecule has 14 heavy (non-hydrogen) atoms. The molecule has 0 heterocycles. The van der Waals surface area contributed by atoms with Crippen molar-refractivity contribution in [1.82, 2.24) is 0 Å². The summed E-state index contributed by atoms with van der Waals surface area (Å²) in [5.74, 6) is -0.696. The predicted molar refractivity (Wildman–Crippen MR) is 44.0 cm³/mol. The topological polar surface area (TPSA) is 26.0 Å². The van der Waals surface area contributed by atoms with Crippen LogP contribution >= 0.6 is 0 Å². The summed E-state index contributed by atoms with van der Waals surface area (Å²) in [6.07, 6.45) is -4.46. The Hall–Kier alpha value is -1.10. The first kappa shape index (κ1) is 11.0. The summed E-state index contributed by atoms with van der Waals surface area (Å²) < 4.78 is 50.0. The fourth-order valence-corrected chi connectivity index (χ4v) is 1.18. The maximum atomic E-state index is 13.0. The van der Waals surface area contributed by atoms with Gasteiger partial charge in [0.25, 0.3) is 0 Å². The van der Waals surface area contributed by atoms with E-state index in [0.717, 1.165) is 12.1 Å². The second-order valence-corrected chi connectivity index (χ2v) is 2.96. The SMILES string of the molecule is Cc1cc(F)c(CN)cc1C(F)(F)F.